The second-order valence-corrected chi connectivity index (χ2v) is 15.1. The SMILES string of the molecule is CCc1cccc[c]1[Bi]([c]1ccccc1CC)[c]1ccc(C)cc1COC. The van der Waals surface area contributed by atoms with Gasteiger partial charge in [0.15, 0.2) is 0 Å². The van der Waals surface area contributed by atoms with Crippen LogP contribution in [-0.4, -0.2) is 28.9 Å². The number of methoxy groups -OCH3 is 1. The molecule has 0 bridgehead atoms. The molecule has 0 N–H and O–H groups in total. The summed E-state index contributed by atoms with van der Waals surface area (Å²) in [7, 11) is 1.80. The maximum atomic E-state index is 5.59. The van der Waals surface area contributed by atoms with Crippen LogP contribution in [0.15, 0.2) is 66.7 Å². The Balaban J connectivity index is 2.29. The van der Waals surface area contributed by atoms with E-state index in [0.29, 0.717) is 6.61 Å². The van der Waals surface area contributed by atoms with Gasteiger partial charge in [-0.2, -0.15) is 0 Å². The summed E-state index contributed by atoms with van der Waals surface area (Å²) in [6, 6.07) is 25.2. The summed E-state index contributed by atoms with van der Waals surface area (Å²) in [5, 5.41) is 0. The second kappa shape index (κ2) is 9.62. The first-order valence-electron chi connectivity index (χ1n) is 9.74. The Morgan fingerprint density at radius 1 is 0.704 bits per heavy atom. The van der Waals surface area contributed by atoms with Crippen molar-refractivity contribution in [3.8, 4) is 0 Å². The van der Waals surface area contributed by atoms with Crippen molar-refractivity contribution in [2.45, 2.75) is 40.2 Å². The van der Waals surface area contributed by atoms with E-state index in [1.54, 1.807) is 16.9 Å². The van der Waals surface area contributed by atoms with Crippen molar-refractivity contribution in [3.63, 3.8) is 0 Å². The van der Waals surface area contributed by atoms with Crippen molar-refractivity contribution in [1.29, 1.82) is 0 Å². The standard InChI is InChI=1S/C9H11O.2C8H9.Bi/c1-8-4-3-5-9(6-8)7-10-2;2*1-2-8-6-4-3-5-7-8;/h3-4,6H,7H2,1-2H3;2*3-6H,2H2,1H3;. The Bertz CT molecular complexity index is 853. The molecule has 0 saturated heterocycles. The molecule has 3 aromatic rings. The second-order valence-electron chi connectivity index (χ2n) is 6.87. The zero-order valence-electron chi connectivity index (χ0n) is 16.8. The van der Waals surface area contributed by atoms with Gasteiger partial charge in [-0.3, -0.25) is 0 Å². The molecule has 0 aromatic heterocycles. The van der Waals surface area contributed by atoms with Crippen LogP contribution in [0.25, 0.3) is 0 Å². The van der Waals surface area contributed by atoms with E-state index in [1.807, 2.05) is 0 Å². The summed E-state index contributed by atoms with van der Waals surface area (Å²) < 4.78 is 10.4. The topological polar surface area (TPSA) is 9.23 Å². The molecule has 1 nitrogen and oxygen atoms in total. The molecule has 0 spiro atoms. The predicted molar refractivity (Wildman–Crippen MR) is 118 cm³/mol. The zero-order chi connectivity index (χ0) is 19.2. The van der Waals surface area contributed by atoms with Crippen molar-refractivity contribution in [3.05, 3.63) is 89.0 Å². The molecule has 0 fully saturated rings. The van der Waals surface area contributed by atoms with Crippen LogP contribution in [0, 0.1) is 6.92 Å². The van der Waals surface area contributed by atoms with Gasteiger partial charge in [-0.05, 0) is 0 Å². The fraction of sp³-hybridized carbons (Fsp3) is 0.280. The van der Waals surface area contributed by atoms with Crippen molar-refractivity contribution >= 4 is 31.6 Å². The van der Waals surface area contributed by atoms with E-state index in [-0.39, 0.29) is 0 Å². The normalized spacial score (nSPS) is 11.1. The molecule has 2 heteroatoms. The molecule has 27 heavy (non-hydrogen) atoms. The average molecular weight is 554 g/mol. The quantitative estimate of drug-likeness (QED) is 0.404. The fourth-order valence-electron chi connectivity index (χ4n) is 3.65. The first kappa shape index (κ1) is 20.2. The molecular weight excluding hydrogens is 525 g/mol. The van der Waals surface area contributed by atoms with Gasteiger partial charge in [0.1, 0.15) is 0 Å². The Hall–Kier alpha value is -1.50. The molecule has 0 amide bonds. The summed E-state index contributed by atoms with van der Waals surface area (Å²) in [6.45, 7) is 7.41. The van der Waals surface area contributed by atoms with Crippen molar-refractivity contribution < 1.29 is 4.74 Å². The number of hydrogen-bond acceptors (Lipinski definition) is 1. The zero-order valence-corrected chi connectivity index (χ0v) is 20.3. The van der Waals surface area contributed by atoms with E-state index in [0.717, 1.165) is 12.8 Å². The van der Waals surface area contributed by atoms with E-state index in [4.69, 9.17) is 4.74 Å². The summed E-state index contributed by atoms with van der Waals surface area (Å²) in [4.78, 5) is 0. The molecule has 0 atom stereocenters. The predicted octanol–water partition coefficient (Wildman–Crippen LogP) is 3.78. The van der Waals surface area contributed by atoms with Crippen LogP contribution < -0.4 is 9.81 Å². The summed E-state index contributed by atoms with van der Waals surface area (Å²) in [6.07, 6.45) is 2.17. The summed E-state index contributed by atoms with van der Waals surface area (Å²) in [5.74, 6) is 0. The van der Waals surface area contributed by atoms with Crippen LogP contribution in [0.2, 0.25) is 0 Å². The van der Waals surface area contributed by atoms with Crippen LogP contribution in [0.3, 0.4) is 0 Å². The first-order valence-corrected chi connectivity index (χ1v) is 15.0. The van der Waals surface area contributed by atoms with Gasteiger partial charge in [-0.25, -0.2) is 0 Å². The molecule has 0 radical (unpaired) electrons. The third-order valence-electron chi connectivity index (χ3n) is 5.00. The van der Waals surface area contributed by atoms with Gasteiger partial charge in [0.05, 0.1) is 0 Å². The first-order chi connectivity index (χ1) is 13.2. The van der Waals surface area contributed by atoms with Gasteiger partial charge in [-0.15, -0.1) is 0 Å². The molecule has 0 unspecified atom stereocenters. The van der Waals surface area contributed by atoms with Gasteiger partial charge in [0.25, 0.3) is 0 Å². The van der Waals surface area contributed by atoms with Gasteiger partial charge < -0.3 is 0 Å². The van der Waals surface area contributed by atoms with E-state index < -0.39 is 21.8 Å². The number of hydrogen-bond donors (Lipinski definition) is 0. The number of ether oxygens (including phenoxy) is 1. The van der Waals surface area contributed by atoms with Crippen LogP contribution >= 0.6 is 0 Å². The van der Waals surface area contributed by atoms with Gasteiger partial charge >= 0.3 is 173 Å². The Morgan fingerprint density at radius 3 is 1.74 bits per heavy atom. The third kappa shape index (κ3) is 4.50. The van der Waals surface area contributed by atoms with Crippen LogP contribution in [-0.2, 0) is 24.2 Å². The summed E-state index contributed by atoms with van der Waals surface area (Å²) >= 11 is -2.44. The molecule has 0 heterocycles. The van der Waals surface area contributed by atoms with Crippen molar-refractivity contribution in [2.75, 3.05) is 7.11 Å². The molecule has 3 rings (SSSR count). The number of benzene rings is 3. The van der Waals surface area contributed by atoms with Gasteiger partial charge in [-0.1, -0.05) is 0 Å². The van der Waals surface area contributed by atoms with Crippen molar-refractivity contribution in [2.24, 2.45) is 0 Å². The molecule has 0 aliphatic carbocycles. The van der Waals surface area contributed by atoms with Gasteiger partial charge in [0, 0.05) is 0 Å². The third-order valence-corrected chi connectivity index (χ3v) is 15.7. The van der Waals surface area contributed by atoms with Gasteiger partial charge in [0.2, 0.25) is 0 Å². The Labute approximate surface area is 172 Å². The van der Waals surface area contributed by atoms with E-state index in [9.17, 15) is 0 Å². The molecule has 140 valence electrons. The summed E-state index contributed by atoms with van der Waals surface area (Å²) in [5.41, 5.74) is 5.68. The number of aryl methyl sites for hydroxylation is 3. The fourth-order valence-corrected chi connectivity index (χ4v) is 15.0. The van der Waals surface area contributed by atoms with E-state index >= 15 is 0 Å². The maximum absolute atomic E-state index is 5.59. The number of rotatable bonds is 7. The average Bonchev–Trinajstić information content (AvgIpc) is 2.70. The van der Waals surface area contributed by atoms with Crippen LogP contribution in [0.5, 0.6) is 0 Å². The molecular formula is C25H29BiO. The van der Waals surface area contributed by atoms with Crippen molar-refractivity contribution in [1.82, 2.24) is 0 Å². The molecule has 0 aliphatic rings. The monoisotopic (exact) mass is 554 g/mol. The minimum atomic E-state index is -2.44. The molecule has 0 aliphatic heterocycles. The Morgan fingerprint density at radius 2 is 1.22 bits per heavy atom. The van der Waals surface area contributed by atoms with E-state index in [2.05, 4.69) is 87.5 Å². The Kier molecular flexibility index (Phi) is 7.22. The minimum absolute atomic E-state index is 0.686. The molecule has 3 aromatic carbocycles. The van der Waals surface area contributed by atoms with Crippen LogP contribution in [0.1, 0.15) is 36.1 Å². The van der Waals surface area contributed by atoms with Crippen LogP contribution in [0.4, 0.5) is 0 Å². The molecule has 0 saturated carbocycles. The van der Waals surface area contributed by atoms with E-state index in [1.165, 1.54) is 22.3 Å².